The van der Waals surface area contributed by atoms with E-state index in [0.717, 1.165) is 6.42 Å². The van der Waals surface area contributed by atoms with Crippen LogP contribution in [0.4, 0.5) is 0 Å². The summed E-state index contributed by atoms with van der Waals surface area (Å²) in [5, 5.41) is 0. The Morgan fingerprint density at radius 1 is 0.452 bits per heavy atom. The van der Waals surface area contributed by atoms with Gasteiger partial charge in [0.05, 0.1) is 0 Å². The van der Waals surface area contributed by atoms with E-state index >= 15 is 0 Å². The van der Waals surface area contributed by atoms with Crippen molar-refractivity contribution in [2.24, 2.45) is 0 Å². The molecule has 0 heteroatoms. The Bertz CT molecular complexity index is 1200. The van der Waals surface area contributed by atoms with Crippen molar-refractivity contribution >= 4 is 0 Å². The van der Waals surface area contributed by atoms with Crippen LogP contribution in [-0.2, 0) is 6.42 Å². The number of rotatable bonds is 2. The number of benzene rings is 4. The van der Waals surface area contributed by atoms with Crippen molar-refractivity contribution in [3.63, 3.8) is 0 Å². The number of fused-ring (bicyclic) bond motifs is 3. The van der Waals surface area contributed by atoms with E-state index in [4.69, 9.17) is 0 Å². The van der Waals surface area contributed by atoms with Gasteiger partial charge in [-0.05, 0) is 115 Å². The summed E-state index contributed by atoms with van der Waals surface area (Å²) in [6, 6.07) is 23.3. The minimum Gasteiger partial charge on any atom is -0.0557 e. The molecule has 0 saturated carbocycles. The summed E-state index contributed by atoms with van der Waals surface area (Å²) in [6.07, 6.45) is 1.01. The molecule has 154 valence electrons. The first-order valence-corrected chi connectivity index (χ1v) is 11.2. The fraction of sp³-hybridized carbons (Fsp3) is 0.226. The molecule has 4 aromatic rings. The van der Waals surface area contributed by atoms with Gasteiger partial charge in [0.2, 0.25) is 0 Å². The fourth-order valence-corrected chi connectivity index (χ4v) is 5.79. The van der Waals surface area contributed by atoms with E-state index in [0.29, 0.717) is 0 Å². The molecule has 0 saturated heterocycles. The van der Waals surface area contributed by atoms with Crippen molar-refractivity contribution in [1.82, 2.24) is 0 Å². The monoisotopic (exact) mass is 402 g/mol. The Kier molecular flexibility index (Phi) is 4.63. The zero-order valence-corrected chi connectivity index (χ0v) is 19.5. The molecule has 1 aliphatic rings. The normalized spacial score (nSPS) is 12.1. The second kappa shape index (κ2) is 7.24. The van der Waals surface area contributed by atoms with Crippen molar-refractivity contribution in [3.8, 4) is 33.4 Å². The molecule has 0 unspecified atom stereocenters. The van der Waals surface area contributed by atoms with Crippen LogP contribution in [0.3, 0.4) is 0 Å². The van der Waals surface area contributed by atoms with Crippen LogP contribution in [0.15, 0.2) is 60.7 Å². The van der Waals surface area contributed by atoms with Crippen molar-refractivity contribution < 1.29 is 0 Å². The van der Waals surface area contributed by atoms with Crippen LogP contribution in [0, 0.1) is 41.5 Å². The molecule has 4 aromatic carbocycles. The lowest BCUT2D eigenvalue weighted by atomic mass is 9.91. The molecule has 0 N–H and O–H groups in total. The molecule has 0 nitrogen and oxygen atoms in total. The highest BCUT2D eigenvalue weighted by Crippen LogP contribution is 2.42. The van der Waals surface area contributed by atoms with Crippen molar-refractivity contribution in [2.75, 3.05) is 0 Å². The topological polar surface area (TPSA) is 0 Å². The molecule has 0 bridgehead atoms. The van der Waals surface area contributed by atoms with Crippen LogP contribution < -0.4 is 0 Å². The van der Waals surface area contributed by atoms with Gasteiger partial charge in [0.15, 0.2) is 0 Å². The lowest BCUT2D eigenvalue weighted by Gasteiger charge is -2.13. The van der Waals surface area contributed by atoms with E-state index < -0.39 is 0 Å². The average Bonchev–Trinajstić information content (AvgIpc) is 3.03. The molecule has 0 spiro atoms. The van der Waals surface area contributed by atoms with Crippen molar-refractivity contribution in [2.45, 2.75) is 48.0 Å². The first-order chi connectivity index (χ1) is 14.8. The van der Waals surface area contributed by atoms with E-state index in [1.807, 2.05) is 0 Å². The second-order valence-electron chi connectivity index (χ2n) is 9.47. The van der Waals surface area contributed by atoms with Gasteiger partial charge in [-0.15, -0.1) is 0 Å². The first kappa shape index (κ1) is 19.8. The molecular weight excluding hydrogens is 372 g/mol. The van der Waals surface area contributed by atoms with E-state index in [1.54, 1.807) is 0 Å². The summed E-state index contributed by atoms with van der Waals surface area (Å²) in [7, 11) is 0. The van der Waals surface area contributed by atoms with Gasteiger partial charge in [-0.3, -0.25) is 0 Å². The molecule has 0 atom stereocenters. The zero-order chi connectivity index (χ0) is 21.9. The second-order valence-corrected chi connectivity index (χ2v) is 9.47. The third kappa shape index (κ3) is 3.31. The summed E-state index contributed by atoms with van der Waals surface area (Å²) in [5.74, 6) is 0. The number of hydrogen-bond donors (Lipinski definition) is 0. The highest BCUT2D eigenvalue weighted by Gasteiger charge is 2.21. The maximum absolute atomic E-state index is 2.42. The van der Waals surface area contributed by atoms with Gasteiger partial charge in [-0.2, -0.15) is 0 Å². The van der Waals surface area contributed by atoms with Gasteiger partial charge in [0, 0.05) is 0 Å². The molecule has 0 radical (unpaired) electrons. The average molecular weight is 403 g/mol. The van der Waals surface area contributed by atoms with Crippen LogP contribution >= 0.6 is 0 Å². The Labute approximate surface area is 186 Å². The Balaban J connectivity index is 1.57. The van der Waals surface area contributed by atoms with Gasteiger partial charge >= 0.3 is 0 Å². The minimum absolute atomic E-state index is 1.01. The fourth-order valence-electron chi connectivity index (χ4n) is 5.79. The molecule has 31 heavy (non-hydrogen) atoms. The molecule has 0 amide bonds. The zero-order valence-electron chi connectivity index (χ0n) is 19.5. The molecule has 1 aliphatic carbocycles. The van der Waals surface area contributed by atoms with Crippen LogP contribution in [0.1, 0.15) is 44.5 Å². The molecule has 0 fully saturated rings. The standard InChI is InChI=1S/C31H30/c1-18-11-20(3)30(21(4)12-18)24-7-9-28-26(15-24)17-27-16-25(8-10-29(27)28)31-22(5)13-19(2)14-23(31)6/h7-16H,17H2,1-6H3. The van der Waals surface area contributed by atoms with Gasteiger partial charge in [0.1, 0.15) is 0 Å². The summed E-state index contributed by atoms with van der Waals surface area (Å²) < 4.78 is 0. The molecule has 0 heterocycles. The number of aryl methyl sites for hydroxylation is 6. The van der Waals surface area contributed by atoms with Crippen LogP contribution in [0.5, 0.6) is 0 Å². The highest BCUT2D eigenvalue weighted by atomic mass is 14.2. The van der Waals surface area contributed by atoms with E-state index in [1.165, 1.54) is 77.9 Å². The van der Waals surface area contributed by atoms with Crippen LogP contribution in [0.25, 0.3) is 33.4 Å². The third-order valence-electron chi connectivity index (χ3n) is 6.81. The molecule has 5 rings (SSSR count). The molecule has 0 aromatic heterocycles. The van der Waals surface area contributed by atoms with Gasteiger partial charge < -0.3 is 0 Å². The quantitative estimate of drug-likeness (QED) is 0.278. The van der Waals surface area contributed by atoms with E-state index in [-0.39, 0.29) is 0 Å². The summed E-state index contributed by atoms with van der Waals surface area (Å²) in [4.78, 5) is 0. The predicted molar refractivity (Wildman–Crippen MR) is 134 cm³/mol. The summed E-state index contributed by atoms with van der Waals surface area (Å²) >= 11 is 0. The van der Waals surface area contributed by atoms with Gasteiger partial charge in [-0.25, -0.2) is 0 Å². The molecule has 0 aliphatic heterocycles. The Hall–Kier alpha value is -3.12. The Morgan fingerprint density at radius 3 is 1.16 bits per heavy atom. The van der Waals surface area contributed by atoms with Crippen LogP contribution in [-0.4, -0.2) is 0 Å². The van der Waals surface area contributed by atoms with E-state index in [2.05, 4.69) is 102 Å². The Morgan fingerprint density at radius 2 is 0.806 bits per heavy atom. The SMILES string of the molecule is Cc1cc(C)c(-c2ccc3c(c2)Cc2cc(-c4c(C)cc(C)cc4C)ccc2-3)c(C)c1. The van der Waals surface area contributed by atoms with Crippen molar-refractivity contribution in [1.29, 1.82) is 0 Å². The predicted octanol–water partition coefficient (Wildman–Crippen LogP) is 8.44. The summed E-state index contributed by atoms with van der Waals surface area (Å²) in [6.45, 7) is 13.3. The first-order valence-electron chi connectivity index (χ1n) is 11.2. The minimum atomic E-state index is 1.01. The summed E-state index contributed by atoms with van der Waals surface area (Å²) in [5.41, 5.74) is 19.2. The third-order valence-corrected chi connectivity index (χ3v) is 6.81. The van der Waals surface area contributed by atoms with Gasteiger partial charge in [0.25, 0.3) is 0 Å². The smallest absolute Gasteiger partial charge is 0.00130 e. The highest BCUT2D eigenvalue weighted by molar-refractivity contribution is 5.84. The molecular formula is C31H30. The maximum Gasteiger partial charge on any atom is -0.00130 e. The lowest BCUT2D eigenvalue weighted by molar-refractivity contribution is 1.25. The van der Waals surface area contributed by atoms with Gasteiger partial charge in [-0.1, -0.05) is 71.8 Å². The lowest BCUT2D eigenvalue weighted by Crippen LogP contribution is -1.91. The maximum atomic E-state index is 2.42. The number of hydrogen-bond acceptors (Lipinski definition) is 0. The van der Waals surface area contributed by atoms with E-state index in [9.17, 15) is 0 Å². The van der Waals surface area contributed by atoms with Crippen LogP contribution in [0.2, 0.25) is 0 Å². The van der Waals surface area contributed by atoms with Crippen molar-refractivity contribution in [3.05, 3.63) is 105 Å². The largest absolute Gasteiger partial charge is 0.0557 e.